The van der Waals surface area contributed by atoms with Crippen molar-refractivity contribution < 1.29 is 9.53 Å². The Bertz CT molecular complexity index is 643. The van der Waals surface area contributed by atoms with Gasteiger partial charge in [-0.2, -0.15) is 4.98 Å². The van der Waals surface area contributed by atoms with Gasteiger partial charge < -0.3 is 15.4 Å². The fourth-order valence-electron chi connectivity index (χ4n) is 1.73. The Morgan fingerprint density at radius 1 is 1.33 bits per heavy atom. The summed E-state index contributed by atoms with van der Waals surface area (Å²) < 4.78 is 5.82. The molecule has 6 heteroatoms. The first kappa shape index (κ1) is 14.8. The molecule has 0 saturated heterocycles. The van der Waals surface area contributed by atoms with E-state index >= 15 is 0 Å². The third kappa shape index (κ3) is 3.92. The van der Waals surface area contributed by atoms with E-state index in [1.807, 2.05) is 26.0 Å². The number of ether oxygens (including phenoxy) is 1. The number of rotatable bonds is 5. The molecule has 2 aromatic rings. The van der Waals surface area contributed by atoms with Crippen molar-refractivity contribution in [1.82, 2.24) is 9.97 Å². The van der Waals surface area contributed by atoms with Gasteiger partial charge in [-0.25, -0.2) is 4.98 Å². The minimum absolute atomic E-state index is 0.154. The third-order valence-electron chi connectivity index (χ3n) is 2.66. The molecule has 0 saturated carbocycles. The highest BCUT2D eigenvalue weighted by Gasteiger charge is 2.10. The normalized spacial score (nSPS) is 10.0. The fourth-order valence-corrected chi connectivity index (χ4v) is 1.73. The lowest BCUT2D eigenvalue weighted by molar-refractivity contribution is -0.114. The number of hydrogen-bond acceptors (Lipinski definition) is 5. The minimum atomic E-state index is -0.154. The van der Waals surface area contributed by atoms with E-state index in [1.165, 1.54) is 6.92 Å². The third-order valence-corrected chi connectivity index (χ3v) is 2.66. The van der Waals surface area contributed by atoms with Crippen LogP contribution in [-0.4, -0.2) is 22.4 Å². The van der Waals surface area contributed by atoms with Crippen molar-refractivity contribution in [3.05, 3.63) is 36.0 Å². The van der Waals surface area contributed by atoms with Crippen molar-refractivity contribution in [2.24, 2.45) is 0 Å². The molecule has 0 aliphatic carbocycles. The first-order valence-corrected chi connectivity index (χ1v) is 6.72. The number of anilines is 2. The molecular formula is C15H18N4O2. The van der Waals surface area contributed by atoms with Crippen LogP contribution in [0.3, 0.4) is 0 Å². The molecule has 0 aliphatic rings. The van der Waals surface area contributed by atoms with Gasteiger partial charge in [-0.1, -0.05) is 12.1 Å². The van der Waals surface area contributed by atoms with E-state index in [-0.39, 0.29) is 5.91 Å². The molecule has 0 atom stereocenters. The summed E-state index contributed by atoms with van der Waals surface area (Å²) >= 11 is 0. The Kier molecular flexibility index (Phi) is 4.71. The topological polar surface area (TPSA) is 76.1 Å². The van der Waals surface area contributed by atoms with Crippen molar-refractivity contribution in [3.63, 3.8) is 0 Å². The molecule has 1 aromatic carbocycles. The van der Waals surface area contributed by atoms with Gasteiger partial charge in [-0.3, -0.25) is 4.79 Å². The summed E-state index contributed by atoms with van der Waals surface area (Å²) in [6, 6.07) is 7.22. The molecule has 21 heavy (non-hydrogen) atoms. The lowest BCUT2D eigenvalue weighted by atomic mass is 10.3. The highest BCUT2D eigenvalue weighted by atomic mass is 16.5. The summed E-state index contributed by atoms with van der Waals surface area (Å²) in [4.78, 5) is 19.7. The number of nitrogens with one attached hydrogen (secondary N) is 2. The van der Waals surface area contributed by atoms with Gasteiger partial charge in [-0.15, -0.1) is 0 Å². The van der Waals surface area contributed by atoms with Gasteiger partial charge >= 0.3 is 0 Å². The molecule has 2 N–H and O–H groups in total. The molecule has 0 bridgehead atoms. The quantitative estimate of drug-likeness (QED) is 0.883. The summed E-state index contributed by atoms with van der Waals surface area (Å²) in [6.45, 7) is 6.02. The number of aromatic nitrogens is 2. The van der Waals surface area contributed by atoms with Crippen LogP contribution in [-0.2, 0) is 4.79 Å². The molecule has 1 aromatic heterocycles. The Morgan fingerprint density at radius 2 is 2.10 bits per heavy atom. The van der Waals surface area contributed by atoms with Crippen LogP contribution < -0.4 is 15.4 Å². The summed E-state index contributed by atoms with van der Waals surface area (Å²) in [5.74, 6) is 1.35. The highest BCUT2D eigenvalue weighted by Crippen LogP contribution is 2.30. The number of nitrogens with zero attached hydrogens (tertiary/aromatic N) is 2. The van der Waals surface area contributed by atoms with E-state index in [2.05, 4.69) is 20.6 Å². The van der Waals surface area contributed by atoms with E-state index in [1.54, 1.807) is 18.3 Å². The van der Waals surface area contributed by atoms with E-state index < -0.39 is 0 Å². The van der Waals surface area contributed by atoms with E-state index in [4.69, 9.17) is 4.74 Å². The van der Waals surface area contributed by atoms with E-state index in [0.29, 0.717) is 23.3 Å². The monoisotopic (exact) mass is 286 g/mol. The molecule has 0 unspecified atom stereocenters. The summed E-state index contributed by atoms with van der Waals surface area (Å²) in [6.07, 6.45) is 1.70. The summed E-state index contributed by atoms with van der Waals surface area (Å²) in [5.41, 5.74) is 1.42. The predicted octanol–water partition coefficient (Wildman–Crippen LogP) is 2.97. The van der Waals surface area contributed by atoms with E-state index in [0.717, 1.165) is 12.1 Å². The number of carbonyl (C=O) groups is 1. The first-order valence-electron chi connectivity index (χ1n) is 6.72. The number of para-hydroxylation sites is 2. The SMILES string of the molecule is CCNc1ncc(C)c(Oc2ccccc2NC(C)=O)n1. The molecule has 0 fully saturated rings. The zero-order valence-electron chi connectivity index (χ0n) is 12.3. The van der Waals surface area contributed by atoms with Crippen LogP contribution >= 0.6 is 0 Å². The molecule has 1 heterocycles. The van der Waals surface area contributed by atoms with Gasteiger partial charge in [0.15, 0.2) is 5.75 Å². The number of aryl methyl sites for hydroxylation is 1. The maximum atomic E-state index is 11.2. The molecule has 1 amide bonds. The predicted molar refractivity (Wildman–Crippen MR) is 81.8 cm³/mol. The maximum absolute atomic E-state index is 11.2. The molecule has 110 valence electrons. The van der Waals surface area contributed by atoms with Crippen LogP contribution in [0.1, 0.15) is 19.4 Å². The zero-order valence-corrected chi connectivity index (χ0v) is 12.3. The lowest BCUT2D eigenvalue weighted by Gasteiger charge is -2.12. The van der Waals surface area contributed by atoms with Crippen LogP contribution in [0.5, 0.6) is 11.6 Å². The molecule has 6 nitrogen and oxygen atoms in total. The second-order valence-electron chi connectivity index (χ2n) is 4.49. The Balaban J connectivity index is 2.29. The smallest absolute Gasteiger partial charge is 0.227 e. The van der Waals surface area contributed by atoms with Crippen LogP contribution in [0.2, 0.25) is 0 Å². The average Bonchev–Trinajstić information content (AvgIpc) is 2.44. The Hall–Kier alpha value is -2.63. The van der Waals surface area contributed by atoms with Gasteiger partial charge in [0.25, 0.3) is 0 Å². The summed E-state index contributed by atoms with van der Waals surface area (Å²) in [7, 11) is 0. The maximum Gasteiger partial charge on any atom is 0.227 e. The standard InChI is InChI=1S/C15H18N4O2/c1-4-16-15-17-9-10(2)14(19-15)21-13-8-6-5-7-12(13)18-11(3)20/h5-9H,4H2,1-3H3,(H,18,20)(H,16,17,19). The Morgan fingerprint density at radius 3 is 2.81 bits per heavy atom. The fraction of sp³-hybridized carbons (Fsp3) is 0.267. The van der Waals surface area contributed by atoms with Crippen LogP contribution in [0.25, 0.3) is 0 Å². The van der Waals surface area contributed by atoms with Gasteiger partial charge in [0.2, 0.25) is 17.7 Å². The molecule has 2 rings (SSSR count). The van der Waals surface area contributed by atoms with Gasteiger partial charge in [-0.05, 0) is 26.0 Å². The van der Waals surface area contributed by atoms with Crippen molar-refractivity contribution in [2.75, 3.05) is 17.2 Å². The highest BCUT2D eigenvalue weighted by molar-refractivity contribution is 5.90. The van der Waals surface area contributed by atoms with Gasteiger partial charge in [0, 0.05) is 25.2 Å². The Labute approximate surface area is 123 Å². The zero-order chi connectivity index (χ0) is 15.2. The number of amides is 1. The molecule has 0 spiro atoms. The number of hydrogen-bond donors (Lipinski definition) is 2. The van der Waals surface area contributed by atoms with Crippen molar-refractivity contribution in [1.29, 1.82) is 0 Å². The minimum Gasteiger partial charge on any atom is -0.436 e. The average molecular weight is 286 g/mol. The van der Waals surface area contributed by atoms with Gasteiger partial charge in [0.1, 0.15) is 0 Å². The molecule has 0 radical (unpaired) electrons. The second-order valence-corrected chi connectivity index (χ2v) is 4.49. The van der Waals surface area contributed by atoms with Crippen molar-refractivity contribution in [2.45, 2.75) is 20.8 Å². The van der Waals surface area contributed by atoms with Crippen molar-refractivity contribution >= 4 is 17.5 Å². The van der Waals surface area contributed by atoms with Gasteiger partial charge in [0.05, 0.1) is 5.69 Å². The van der Waals surface area contributed by atoms with Crippen molar-refractivity contribution in [3.8, 4) is 11.6 Å². The number of carbonyl (C=O) groups excluding carboxylic acids is 1. The second kappa shape index (κ2) is 6.69. The number of benzene rings is 1. The van der Waals surface area contributed by atoms with Crippen LogP contribution in [0.15, 0.2) is 30.5 Å². The summed E-state index contributed by atoms with van der Waals surface area (Å²) in [5, 5.41) is 5.77. The molecule has 0 aliphatic heterocycles. The van der Waals surface area contributed by atoms with Crippen LogP contribution in [0, 0.1) is 6.92 Å². The largest absolute Gasteiger partial charge is 0.436 e. The first-order chi connectivity index (χ1) is 10.1. The van der Waals surface area contributed by atoms with E-state index in [9.17, 15) is 4.79 Å². The van der Waals surface area contributed by atoms with Crippen LogP contribution in [0.4, 0.5) is 11.6 Å². The molecular weight excluding hydrogens is 268 g/mol. The lowest BCUT2D eigenvalue weighted by Crippen LogP contribution is -2.08.